The Labute approximate surface area is 163 Å². The van der Waals surface area contributed by atoms with Crippen molar-refractivity contribution in [3.63, 3.8) is 0 Å². The SMILES string of the molecule is CC(C)C(=C=CC[C@@H](O)c1cc(Br)ccc1O)C[C@@H](O)c1ccccc1. The van der Waals surface area contributed by atoms with E-state index in [-0.39, 0.29) is 11.7 Å². The number of aliphatic hydroxyl groups excluding tert-OH is 2. The van der Waals surface area contributed by atoms with E-state index in [4.69, 9.17) is 0 Å². The van der Waals surface area contributed by atoms with Crippen molar-refractivity contribution < 1.29 is 15.3 Å². The summed E-state index contributed by atoms with van der Waals surface area (Å²) < 4.78 is 0.803. The molecule has 0 saturated carbocycles. The van der Waals surface area contributed by atoms with E-state index in [2.05, 4.69) is 35.5 Å². The fraction of sp³-hybridized carbons (Fsp3) is 0.318. The number of rotatable bonds is 7. The van der Waals surface area contributed by atoms with E-state index in [1.54, 1.807) is 24.3 Å². The van der Waals surface area contributed by atoms with Crippen molar-refractivity contribution in [2.45, 2.75) is 38.9 Å². The van der Waals surface area contributed by atoms with Crippen LogP contribution in [0.15, 0.2) is 70.4 Å². The van der Waals surface area contributed by atoms with E-state index >= 15 is 0 Å². The van der Waals surface area contributed by atoms with Crippen LogP contribution < -0.4 is 0 Å². The minimum absolute atomic E-state index is 0.0710. The van der Waals surface area contributed by atoms with Gasteiger partial charge in [-0.05, 0) is 41.3 Å². The van der Waals surface area contributed by atoms with E-state index in [0.717, 1.165) is 15.6 Å². The molecule has 2 aromatic rings. The zero-order chi connectivity index (χ0) is 19.1. The first-order valence-corrected chi connectivity index (χ1v) is 9.51. The fourth-order valence-corrected chi connectivity index (χ4v) is 3.06. The number of aromatic hydroxyl groups is 1. The molecule has 0 amide bonds. The number of hydrogen-bond acceptors (Lipinski definition) is 3. The molecule has 0 aromatic heterocycles. The number of benzene rings is 2. The zero-order valence-corrected chi connectivity index (χ0v) is 16.6. The first-order valence-electron chi connectivity index (χ1n) is 8.72. The third-order valence-electron chi connectivity index (χ3n) is 4.27. The van der Waals surface area contributed by atoms with Gasteiger partial charge in [0, 0.05) is 22.9 Å². The maximum absolute atomic E-state index is 10.4. The van der Waals surface area contributed by atoms with Crippen molar-refractivity contribution in [2.75, 3.05) is 0 Å². The van der Waals surface area contributed by atoms with Crippen LogP contribution in [-0.2, 0) is 0 Å². The largest absolute Gasteiger partial charge is 0.508 e. The monoisotopic (exact) mass is 416 g/mol. The van der Waals surface area contributed by atoms with Crippen LogP contribution in [0.3, 0.4) is 0 Å². The Kier molecular flexibility index (Phi) is 7.67. The summed E-state index contributed by atoms with van der Waals surface area (Å²) in [6.07, 6.45) is 1.22. The van der Waals surface area contributed by atoms with Gasteiger partial charge in [0.05, 0.1) is 12.2 Å². The molecule has 2 rings (SSSR count). The molecule has 4 heteroatoms. The van der Waals surface area contributed by atoms with Crippen molar-refractivity contribution in [3.05, 3.63) is 81.5 Å². The smallest absolute Gasteiger partial charge is 0.121 e. The second kappa shape index (κ2) is 9.75. The number of phenols is 1. The van der Waals surface area contributed by atoms with Crippen molar-refractivity contribution >= 4 is 15.9 Å². The minimum atomic E-state index is -0.813. The van der Waals surface area contributed by atoms with Gasteiger partial charge in [0.2, 0.25) is 0 Å². The number of aliphatic hydroxyl groups is 2. The maximum Gasteiger partial charge on any atom is 0.121 e. The summed E-state index contributed by atoms with van der Waals surface area (Å²) in [7, 11) is 0. The van der Waals surface area contributed by atoms with Gasteiger partial charge >= 0.3 is 0 Å². The second-order valence-corrected chi connectivity index (χ2v) is 7.53. The molecule has 3 N–H and O–H groups in total. The number of phenolic OH excluding ortho intramolecular Hbond substituents is 1. The molecule has 138 valence electrons. The van der Waals surface area contributed by atoms with Gasteiger partial charge < -0.3 is 15.3 Å². The number of hydrogen-bond donors (Lipinski definition) is 3. The molecule has 26 heavy (non-hydrogen) atoms. The van der Waals surface area contributed by atoms with E-state index in [1.165, 1.54) is 0 Å². The van der Waals surface area contributed by atoms with Crippen LogP contribution in [0, 0.1) is 5.92 Å². The third-order valence-corrected chi connectivity index (χ3v) is 4.76. The standard InChI is InChI=1S/C22H25BrO3/c1-15(2)17(13-22(26)16-7-4-3-5-8-16)9-6-10-20(24)19-14-18(23)11-12-21(19)25/h3-8,11-12,14-15,20,22,24-26H,10,13H2,1-2H3/t9?,20-,22-/m1/s1. The molecule has 0 heterocycles. The van der Waals surface area contributed by atoms with Crippen molar-refractivity contribution in [1.82, 2.24) is 0 Å². The summed E-state index contributed by atoms with van der Waals surface area (Å²) in [5.74, 6) is 0.308. The minimum Gasteiger partial charge on any atom is -0.508 e. The first kappa shape index (κ1) is 20.5. The quantitative estimate of drug-likeness (QED) is 0.526. The van der Waals surface area contributed by atoms with E-state index in [1.807, 2.05) is 30.3 Å². The molecule has 2 atom stereocenters. The second-order valence-electron chi connectivity index (χ2n) is 6.61. The van der Waals surface area contributed by atoms with E-state index in [9.17, 15) is 15.3 Å². The fourth-order valence-electron chi connectivity index (χ4n) is 2.68. The first-order chi connectivity index (χ1) is 12.4. The highest BCUT2D eigenvalue weighted by atomic mass is 79.9. The summed E-state index contributed by atoms with van der Waals surface area (Å²) in [5.41, 5.74) is 5.59. The molecular formula is C22H25BrO3. The van der Waals surface area contributed by atoms with Crippen LogP contribution in [0.25, 0.3) is 0 Å². The Hall–Kier alpha value is -1.84. The summed E-state index contributed by atoms with van der Waals surface area (Å²) >= 11 is 3.34. The zero-order valence-electron chi connectivity index (χ0n) is 15.1. The number of halogens is 1. The van der Waals surface area contributed by atoms with Gasteiger partial charge in [-0.25, -0.2) is 0 Å². The van der Waals surface area contributed by atoms with Gasteiger partial charge in [0.1, 0.15) is 5.75 Å². The highest BCUT2D eigenvalue weighted by Gasteiger charge is 2.13. The Morgan fingerprint density at radius 2 is 1.77 bits per heavy atom. The lowest BCUT2D eigenvalue weighted by Crippen LogP contribution is -2.03. The van der Waals surface area contributed by atoms with Gasteiger partial charge in [-0.1, -0.05) is 60.1 Å². The van der Waals surface area contributed by atoms with Gasteiger partial charge in [0.25, 0.3) is 0 Å². The predicted octanol–water partition coefficient (Wildman–Crippen LogP) is 5.44. The Bertz CT molecular complexity index is 777. The molecule has 0 fully saturated rings. The Morgan fingerprint density at radius 1 is 1.08 bits per heavy atom. The molecule has 0 spiro atoms. The summed E-state index contributed by atoms with van der Waals surface area (Å²) in [6.45, 7) is 4.12. The van der Waals surface area contributed by atoms with Crippen LogP contribution in [-0.4, -0.2) is 15.3 Å². The van der Waals surface area contributed by atoms with Crippen molar-refractivity contribution in [3.8, 4) is 5.75 Å². The maximum atomic E-state index is 10.4. The van der Waals surface area contributed by atoms with Crippen LogP contribution in [0.2, 0.25) is 0 Å². The molecule has 2 aromatic carbocycles. The van der Waals surface area contributed by atoms with Gasteiger partial charge in [-0.15, -0.1) is 5.73 Å². The summed E-state index contributed by atoms with van der Waals surface area (Å²) in [5, 5.41) is 30.7. The summed E-state index contributed by atoms with van der Waals surface area (Å²) in [6, 6.07) is 14.6. The summed E-state index contributed by atoms with van der Waals surface area (Å²) in [4.78, 5) is 0. The van der Waals surface area contributed by atoms with E-state index < -0.39 is 12.2 Å². The van der Waals surface area contributed by atoms with Crippen LogP contribution in [0.4, 0.5) is 0 Å². The van der Waals surface area contributed by atoms with Crippen LogP contribution in [0.5, 0.6) is 5.75 Å². The molecule has 0 aliphatic rings. The van der Waals surface area contributed by atoms with Gasteiger partial charge in [-0.2, -0.15) is 0 Å². The Balaban J connectivity index is 2.11. The molecule has 0 saturated heterocycles. The van der Waals surface area contributed by atoms with Crippen LogP contribution in [0.1, 0.15) is 50.0 Å². The molecule has 0 radical (unpaired) electrons. The molecule has 0 bridgehead atoms. The third kappa shape index (κ3) is 5.86. The van der Waals surface area contributed by atoms with Gasteiger partial charge in [-0.3, -0.25) is 0 Å². The Morgan fingerprint density at radius 3 is 2.42 bits per heavy atom. The average Bonchev–Trinajstić information content (AvgIpc) is 2.63. The lowest BCUT2D eigenvalue weighted by atomic mass is 9.94. The van der Waals surface area contributed by atoms with Crippen LogP contribution >= 0.6 is 15.9 Å². The lowest BCUT2D eigenvalue weighted by Gasteiger charge is -2.15. The lowest BCUT2D eigenvalue weighted by molar-refractivity contribution is 0.175. The van der Waals surface area contributed by atoms with E-state index in [0.29, 0.717) is 18.4 Å². The average molecular weight is 417 g/mol. The molecule has 0 unspecified atom stereocenters. The topological polar surface area (TPSA) is 60.7 Å². The highest BCUT2D eigenvalue weighted by Crippen LogP contribution is 2.30. The van der Waals surface area contributed by atoms with Crippen molar-refractivity contribution in [1.29, 1.82) is 0 Å². The normalized spacial score (nSPS) is 13.2. The molecule has 0 aliphatic heterocycles. The molecular weight excluding hydrogens is 392 g/mol. The molecule has 3 nitrogen and oxygen atoms in total. The predicted molar refractivity (Wildman–Crippen MR) is 108 cm³/mol. The highest BCUT2D eigenvalue weighted by molar-refractivity contribution is 9.10. The van der Waals surface area contributed by atoms with Crippen molar-refractivity contribution in [2.24, 2.45) is 5.92 Å². The molecule has 0 aliphatic carbocycles. The van der Waals surface area contributed by atoms with Gasteiger partial charge in [0.15, 0.2) is 0 Å².